The number of morpholine rings is 1. The van der Waals surface area contributed by atoms with Crippen LogP contribution in [0.2, 0.25) is 0 Å². The van der Waals surface area contributed by atoms with Crippen LogP contribution in [0.15, 0.2) is 54.2 Å². The number of carbonyl (C=O) groups excluding carboxylic acids is 2. The van der Waals surface area contributed by atoms with Gasteiger partial charge in [0.1, 0.15) is 11.5 Å². The van der Waals surface area contributed by atoms with Crippen LogP contribution in [0, 0.1) is 15.9 Å². The number of hydrogen-bond donors (Lipinski definition) is 1. The van der Waals surface area contributed by atoms with E-state index in [4.69, 9.17) is 4.74 Å². The molecule has 2 amide bonds. The molecule has 0 unspecified atom stereocenters. The molecule has 1 N–H and O–H groups in total. The van der Waals surface area contributed by atoms with E-state index in [1.807, 2.05) is 0 Å². The van der Waals surface area contributed by atoms with Gasteiger partial charge in [-0.25, -0.2) is 4.39 Å². The predicted octanol–water partition coefficient (Wildman–Crippen LogP) is 2.36. The fraction of sp³-hybridized carbons (Fsp3) is 0.200. The standard InChI is InChI=1S/C20H18FN3O5/c21-17-4-2-1-3-15(17)13-18(20(26)23-9-11-29-12-10-23)22-19(25)14-5-7-16(8-6-14)24(27)28/h1-8,13H,9-12H2,(H,22,25)/b18-13-. The van der Waals surface area contributed by atoms with Crippen LogP contribution < -0.4 is 5.32 Å². The van der Waals surface area contributed by atoms with Gasteiger partial charge in [0.25, 0.3) is 17.5 Å². The van der Waals surface area contributed by atoms with Crippen LogP contribution in [0.1, 0.15) is 15.9 Å². The van der Waals surface area contributed by atoms with Gasteiger partial charge in [0.05, 0.1) is 18.1 Å². The Hall–Kier alpha value is -3.59. The molecule has 0 aliphatic carbocycles. The summed E-state index contributed by atoms with van der Waals surface area (Å²) in [5.74, 6) is -1.64. The Morgan fingerprint density at radius 2 is 1.76 bits per heavy atom. The van der Waals surface area contributed by atoms with E-state index in [0.29, 0.717) is 26.3 Å². The summed E-state index contributed by atoms with van der Waals surface area (Å²) in [5, 5.41) is 13.3. The molecular formula is C20H18FN3O5. The first-order chi connectivity index (χ1) is 14.0. The molecule has 1 heterocycles. The Morgan fingerprint density at radius 1 is 1.10 bits per heavy atom. The summed E-state index contributed by atoms with van der Waals surface area (Å²) in [6.45, 7) is 1.44. The zero-order chi connectivity index (χ0) is 20.8. The summed E-state index contributed by atoms with van der Waals surface area (Å²) in [6.07, 6.45) is 1.27. The summed E-state index contributed by atoms with van der Waals surface area (Å²) in [6, 6.07) is 10.8. The lowest BCUT2D eigenvalue weighted by atomic mass is 10.1. The van der Waals surface area contributed by atoms with Crippen molar-refractivity contribution in [2.24, 2.45) is 0 Å². The SMILES string of the molecule is O=C(N/C(=C\c1ccccc1F)C(=O)N1CCOCC1)c1ccc([N+](=O)[O-])cc1. The van der Waals surface area contributed by atoms with Gasteiger partial charge in [0.2, 0.25) is 0 Å². The van der Waals surface area contributed by atoms with E-state index >= 15 is 0 Å². The lowest BCUT2D eigenvalue weighted by Gasteiger charge is -2.27. The second-order valence-corrected chi connectivity index (χ2v) is 6.24. The van der Waals surface area contributed by atoms with E-state index in [2.05, 4.69) is 5.32 Å². The number of rotatable bonds is 5. The van der Waals surface area contributed by atoms with Gasteiger partial charge < -0.3 is 15.0 Å². The molecule has 0 aromatic heterocycles. The van der Waals surface area contributed by atoms with Crippen LogP contribution in [-0.4, -0.2) is 47.9 Å². The fourth-order valence-corrected chi connectivity index (χ4v) is 2.76. The van der Waals surface area contributed by atoms with E-state index in [-0.39, 0.29) is 22.5 Å². The average Bonchev–Trinajstić information content (AvgIpc) is 2.75. The highest BCUT2D eigenvalue weighted by Gasteiger charge is 2.23. The van der Waals surface area contributed by atoms with Crippen molar-refractivity contribution in [3.63, 3.8) is 0 Å². The molecular weight excluding hydrogens is 381 g/mol. The maximum Gasteiger partial charge on any atom is 0.270 e. The molecule has 0 saturated carbocycles. The summed E-state index contributed by atoms with van der Waals surface area (Å²) < 4.78 is 19.3. The first-order valence-electron chi connectivity index (χ1n) is 8.85. The Balaban J connectivity index is 1.88. The minimum Gasteiger partial charge on any atom is -0.378 e. The Bertz CT molecular complexity index is 953. The van der Waals surface area contributed by atoms with Gasteiger partial charge >= 0.3 is 0 Å². The highest BCUT2D eigenvalue weighted by Crippen LogP contribution is 2.15. The summed E-state index contributed by atoms with van der Waals surface area (Å²) in [5.41, 5.74) is 0.0198. The third kappa shape index (κ3) is 5.02. The van der Waals surface area contributed by atoms with Gasteiger partial charge in [-0.3, -0.25) is 19.7 Å². The molecule has 2 aromatic rings. The van der Waals surface area contributed by atoms with E-state index in [9.17, 15) is 24.1 Å². The third-order valence-electron chi connectivity index (χ3n) is 4.32. The van der Waals surface area contributed by atoms with Crippen LogP contribution in [0.4, 0.5) is 10.1 Å². The maximum absolute atomic E-state index is 14.1. The Labute approximate surface area is 165 Å². The van der Waals surface area contributed by atoms with Gasteiger partial charge in [0, 0.05) is 36.3 Å². The second kappa shape index (κ2) is 9.07. The van der Waals surface area contributed by atoms with Gasteiger partial charge in [0.15, 0.2) is 0 Å². The van der Waals surface area contributed by atoms with E-state index in [1.165, 1.54) is 53.4 Å². The molecule has 1 fully saturated rings. The van der Waals surface area contributed by atoms with Gasteiger partial charge in [-0.15, -0.1) is 0 Å². The zero-order valence-corrected chi connectivity index (χ0v) is 15.3. The topological polar surface area (TPSA) is 102 Å². The van der Waals surface area contributed by atoms with Crippen molar-refractivity contribution in [3.05, 3.63) is 81.3 Å². The Morgan fingerprint density at radius 3 is 2.38 bits per heavy atom. The molecule has 1 saturated heterocycles. The first-order valence-corrected chi connectivity index (χ1v) is 8.85. The smallest absolute Gasteiger partial charge is 0.270 e. The van der Waals surface area contributed by atoms with Crippen molar-refractivity contribution in [2.75, 3.05) is 26.3 Å². The van der Waals surface area contributed by atoms with Crippen molar-refractivity contribution in [3.8, 4) is 0 Å². The normalized spacial score (nSPS) is 14.4. The van der Waals surface area contributed by atoms with Crippen LogP contribution in [0.25, 0.3) is 6.08 Å². The largest absolute Gasteiger partial charge is 0.378 e. The van der Waals surface area contributed by atoms with Crippen molar-refractivity contribution < 1.29 is 23.6 Å². The average molecular weight is 399 g/mol. The highest BCUT2D eigenvalue weighted by atomic mass is 19.1. The summed E-state index contributed by atoms with van der Waals surface area (Å²) in [4.78, 5) is 37.2. The molecule has 9 heteroatoms. The molecule has 150 valence electrons. The van der Waals surface area contributed by atoms with E-state index in [0.717, 1.165) is 0 Å². The lowest BCUT2D eigenvalue weighted by molar-refractivity contribution is -0.384. The minimum absolute atomic E-state index is 0.0969. The highest BCUT2D eigenvalue weighted by molar-refractivity contribution is 6.05. The lowest BCUT2D eigenvalue weighted by Crippen LogP contribution is -2.44. The van der Waals surface area contributed by atoms with Crippen molar-refractivity contribution >= 4 is 23.6 Å². The summed E-state index contributed by atoms with van der Waals surface area (Å²) in [7, 11) is 0. The number of ether oxygens (including phenoxy) is 1. The number of nitro benzene ring substituents is 1. The maximum atomic E-state index is 14.1. The number of hydrogen-bond acceptors (Lipinski definition) is 5. The number of amides is 2. The van der Waals surface area contributed by atoms with E-state index in [1.54, 1.807) is 6.07 Å². The molecule has 0 atom stereocenters. The molecule has 8 nitrogen and oxygen atoms in total. The number of nitrogens with zero attached hydrogens (tertiary/aromatic N) is 2. The number of benzene rings is 2. The number of halogens is 1. The van der Waals surface area contributed by atoms with Crippen molar-refractivity contribution in [1.82, 2.24) is 10.2 Å². The van der Waals surface area contributed by atoms with Crippen LogP contribution in [-0.2, 0) is 9.53 Å². The quantitative estimate of drug-likeness (QED) is 0.472. The minimum atomic E-state index is -0.635. The summed E-state index contributed by atoms with van der Waals surface area (Å²) >= 11 is 0. The molecule has 1 aliphatic rings. The first kappa shape index (κ1) is 20.2. The molecule has 2 aromatic carbocycles. The van der Waals surface area contributed by atoms with Crippen LogP contribution >= 0.6 is 0 Å². The van der Waals surface area contributed by atoms with Crippen LogP contribution in [0.5, 0.6) is 0 Å². The molecule has 1 aliphatic heterocycles. The Kier molecular flexibility index (Phi) is 6.30. The molecule has 29 heavy (non-hydrogen) atoms. The number of nitro groups is 1. The molecule has 0 spiro atoms. The second-order valence-electron chi connectivity index (χ2n) is 6.24. The van der Waals surface area contributed by atoms with Crippen molar-refractivity contribution in [1.29, 1.82) is 0 Å². The van der Waals surface area contributed by atoms with Gasteiger partial charge in [-0.05, 0) is 24.3 Å². The fourth-order valence-electron chi connectivity index (χ4n) is 2.76. The van der Waals surface area contributed by atoms with Crippen LogP contribution in [0.3, 0.4) is 0 Å². The zero-order valence-electron chi connectivity index (χ0n) is 15.3. The number of nitrogens with one attached hydrogen (secondary N) is 1. The molecule has 0 radical (unpaired) electrons. The molecule has 0 bridgehead atoms. The van der Waals surface area contributed by atoms with E-state index < -0.39 is 22.6 Å². The van der Waals surface area contributed by atoms with Gasteiger partial charge in [-0.2, -0.15) is 0 Å². The number of carbonyl (C=O) groups is 2. The third-order valence-corrected chi connectivity index (χ3v) is 4.32. The molecule has 3 rings (SSSR count). The monoisotopic (exact) mass is 399 g/mol. The number of non-ortho nitro benzene ring substituents is 1. The van der Waals surface area contributed by atoms with Gasteiger partial charge in [-0.1, -0.05) is 18.2 Å². The predicted molar refractivity (Wildman–Crippen MR) is 102 cm³/mol. The van der Waals surface area contributed by atoms with Crippen molar-refractivity contribution in [2.45, 2.75) is 0 Å².